The number of allylic oxidation sites excluding steroid dienone is 1. The molecule has 21 heavy (non-hydrogen) atoms. The lowest BCUT2D eigenvalue weighted by molar-refractivity contribution is 0.215. The summed E-state index contributed by atoms with van der Waals surface area (Å²) >= 11 is 0. The number of aliphatic hydroxyl groups excluding tert-OH is 1. The number of ether oxygens (including phenoxy) is 1. The Kier molecular flexibility index (Phi) is 4.94. The van der Waals surface area contributed by atoms with Crippen LogP contribution in [0, 0.1) is 5.92 Å². The van der Waals surface area contributed by atoms with Gasteiger partial charge in [-0.3, -0.25) is 0 Å². The van der Waals surface area contributed by atoms with E-state index >= 15 is 0 Å². The highest BCUT2D eigenvalue weighted by atomic mass is 28.3. The first-order chi connectivity index (χ1) is 9.88. The van der Waals surface area contributed by atoms with E-state index < -0.39 is 8.07 Å². The summed E-state index contributed by atoms with van der Waals surface area (Å²) in [5.41, 5.74) is 2.37. The number of methoxy groups -OCH3 is 1. The minimum Gasteiger partial charge on any atom is -0.497 e. The van der Waals surface area contributed by atoms with Crippen LogP contribution in [-0.4, -0.2) is 26.4 Å². The summed E-state index contributed by atoms with van der Waals surface area (Å²) < 4.78 is 5.24. The summed E-state index contributed by atoms with van der Waals surface area (Å²) in [6.45, 7) is 9.42. The molecular formula is C18H28O2Si. The molecule has 2 rings (SSSR count). The largest absolute Gasteiger partial charge is 0.497 e. The van der Waals surface area contributed by atoms with Gasteiger partial charge in [-0.05, 0) is 42.0 Å². The van der Waals surface area contributed by atoms with Crippen molar-refractivity contribution in [3.05, 3.63) is 35.0 Å². The molecule has 0 aliphatic heterocycles. The van der Waals surface area contributed by atoms with Gasteiger partial charge in [-0.15, -0.1) is 0 Å². The maximum atomic E-state index is 10.6. The van der Waals surface area contributed by atoms with Gasteiger partial charge in [-0.25, -0.2) is 0 Å². The summed E-state index contributed by atoms with van der Waals surface area (Å²) in [7, 11) is 0.238. The number of hydrogen-bond acceptors (Lipinski definition) is 2. The van der Waals surface area contributed by atoms with Crippen LogP contribution in [0.3, 0.4) is 0 Å². The van der Waals surface area contributed by atoms with E-state index in [1.807, 2.05) is 12.1 Å². The molecule has 0 saturated carbocycles. The number of rotatable bonds is 5. The number of benzene rings is 1. The fourth-order valence-corrected chi connectivity index (χ4v) is 6.26. The van der Waals surface area contributed by atoms with Crippen molar-refractivity contribution < 1.29 is 9.84 Å². The highest BCUT2D eigenvalue weighted by molar-refractivity contribution is 6.84. The first kappa shape index (κ1) is 16.3. The molecule has 0 radical (unpaired) electrons. The van der Waals surface area contributed by atoms with Crippen molar-refractivity contribution in [2.75, 3.05) is 7.11 Å². The average molecular weight is 305 g/mol. The van der Waals surface area contributed by atoms with Gasteiger partial charge >= 0.3 is 0 Å². The zero-order chi connectivity index (χ0) is 15.6. The van der Waals surface area contributed by atoms with E-state index in [0.717, 1.165) is 12.2 Å². The molecule has 0 saturated heterocycles. The summed E-state index contributed by atoms with van der Waals surface area (Å²) in [5, 5.41) is 12.2. The predicted octanol–water partition coefficient (Wildman–Crippen LogP) is 4.51. The van der Waals surface area contributed by atoms with Crippen LogP contribution in [0.1, 0.15) is 31.7 Å². The molecule has 2 atom stereocenters. The van der Waals surface area contributed by atoms with Gasteiger partial charge in [0.1, 0.15) is 5.75 Å². The van der Waals surface area contributed by atoms with Gasteiger partial charge in [0.2, 0.25) is 0 Å². The fraction of sp³-hybridized carbons (Fsp3) is 0.556. The van der Waals surface area contributed by atoms with E-state index in [1.54, 1.807) is 12.3 Å². The Hall–Kier alpha value is -1.06. The average Bonchev–Trinajstić information content (AvgIpc) is 2.76. The molecule has 0 unspecified atom stereocenters. The summed E-state index contributed by atoms with van der Waals surface area (Å²) in [6, 6.07) is 8.16. The van der Waals surface area contributed by atoms with Crippen LogP contribution in [0.15, 0.2) is 29.5 Å². The Morgan fingerprint density at radius 3 is 2.29 bits per heavy atom. The third-order valence-electron chi connectivity index (χ3n) is 4.39. The molecule has 116 valence electrons. The molecule has 1 aliphatic carbocycles. The second-order valence-electron chi connectivity index (χ2n) is 7.04. The Morgan fingerprint density at radius 1 is 1.19 bits per heavy atom. The van der Waals surface area contributed by atoms with Gasteiger partial charge in [0.05, 0.1) is 21.3 Å². The molecule has 1 aromatic rings. The van der Waals surface area contributed by atoms with Crippen molar-refractivity contribution in [2.45, 2.75) is 51.9 Å². The van der Waals surface area contributed by atoms with Crippen LogP contribution >= 0.6 is 0 Å². The molecular weight excluding hydrogens is 276 g/mol. The molecule has 2 nitrogen and oxygen atoms in total. The molecule has 0 spiro atoms. The maximum absolute atomic E-state index is 10.6. The van der Waals surface area contributed by atoms with Crippen molar-refractivity contribution in [1.29, 1.82) is 0 Å². The van der Waals surface area contributed by atoms with Crippen LogP contribution in [-0.2, 0) is 0 Å². The van der Waals surface area contributed by atoms with E-state index in [1.165, 1.54) is 24.0 Å². The second kappa shape index (κ2) is 6.37. The van der Waals surface area contributed by atoms with Crippen LogP contribution in [0.5, 0.6) is 5.75 Å². The van der Waals surface area contributed by atoms with Crippen LogP contribution in [0.4, 0.5) is 0 Å². The molecule has 1 aromatic carbocycles. The SMILES string of the molecule is CCC[C@H]1C[C@@H](O)C(c2ccc(OC)cc2)=C1[Si](C)(C)C. The molecule has 1 N–H and O–H groups in total. The lowest BCUT2D eigenvalue weighted by Gasteiger charge is -2.26. The Balaban J connectivity index is 2.49. The molecule has 0 bridgehead atoms. The Labute approximate surface area is 129 Å². The van der Waals surface area contributed by atoms with Crippen LogP contribution < -0.4 is 4.74 Å². The number of hydrogen-bond donors (Lipinski definition) is 1. The van der Waals surface area contributed by atoms with Crippen molar-refractivity contribution in [3.8, 4) is 5.75 Å². The van der Waals surface area contributed by atoms with E-state index in [9.17, 15) is 5.11 Å². The quantitative estimate of drug-likeness (QED) is 0.811. The van der Waals surface area contributed by atoms with E-state index in [2.05, 4.69) is 38.7 Å². The first-order valence-electron chi connectivity index (χ1n) is 7.95. The van der Waals surface area contributed by atoms with Crippen LogP contribution in [0.2, 0.25) is 19.6 Å². The maximum Gasteiger partial charge on any atom is 0.118 e. The van der Waals surface area contributed by atoms with Gasteiger partial charge in [0, 0.05) is 0 Å². The van der Waals surface area contributed by atoms with Crippen LogP contribution in [0.25, 0.3) is 5.57 Å². The minimum atomic E-state index is -1.45. The zero-order valence-electron chi connectivity index (χ0n) is 13.9. The van der Waals surface area contributed by atoms with E-state index in [-0.39, 0.29) is 6.10 Å². The molecule has 0 aromatic heterocycles. The van der Waals surface area contributed by atoms with Gasteiger partial charge < -0.3 is 9.84 Å². The first-order valence-corrected chi connectivity index (χ1v) is 11.5. The zero-order valence-corrected chi connectivity index (χ0v) is 14.9. The third-order valence-corrected chi connectivity index (χ3v) is 6.68. The summed E-state index contributed by atoms with van der Waals surface area (Å²) in [6.07, 6.45) is 2.96. The summed E-state index contributed by atoms with van der Waals surface area (Å²) in [5.74, 6) is 1.43. The minimum absolute atomic E-state index is 0.309. The number of aliphatic hydroxyl groups is 1. The highest BCUT2D eigenvalue weighted by Gasteiger charge is 2.38. The predicted molar refractivity (Wildman–Crippen MR) is 92.3 cm³/mol. The second-order valence-corrected chi connectivity index (χ2v) is 12.1. The van der Waals surface area contributed by atoms with E-state index in [0.29, 0.717) is 5.92 Å². The van der Waals surface area contributed by atoms with Crippen molar-refractivity contribution in [1.82, 2.24) is 0 Å². The topological polar surface area (TPSA) is 29.5 Å². The molecule has 0 fully saturated rings. The van der Waals surface area contributed by atoms with Gasteiger partial charge in [0.15, 0.2) is 0 Å². The van der Waals surface area contributed by atoms with Gasteiger partial charge in [-0.2, -0.15) is 0 Å². The van der Waals surface area contributed by atoms with Gasteiger partial charge in [-0.1, -0.05) is 50.3 Å². The Bertz CT molecular complexity index is 511. The van der Waals surface area contributed by atoms with Gasteiger partial charge in [0.25, 0.3) is 0 Å². The normalized spacial score (nSPS) is 22.8. The molecule has 1 aliphatic rings. The molecule has 0 heterocycles. The third kappa shape index (κ3) is 3.41. The lowest BCUT2D eigenvalue weighted by Crippen LogP contribution is -2.28. The van der Waals surface area contributed by atoms with Crippen molar-refractivity contribution in [3.63, 3.8) is 0 Å². The Morgan fingerprint density at radius 2 is 1.81 bits per heavy atom. The van der Waals surface area contributed by atoms with Crippen molar-refractivity contribution >= 4 is 13.6 Å². The smallest absolute Gasteiger partial charge is 0.118 e. The summed E-state index contributed by atoms with van der Waals surface area (Å²) in [4.78, 5) is 0. The molecule has 0 amide bonds. The standard InChI is InChI=1S/C18H28O2Si/c1-6-7-14-12-16(19)17(18(14)21(3,4)5)13-8-10-15(20-2)11-9-13/h8-11,14,16,19H,6-7,12H2,1-5H3/t14-,16+/m0/s1. The van der Waals surface area contributed by atoms with E-state index in [4.69, 9.17) is 4.74 Å². The fourth-order valence-electron chi connectivity index (χ4n) is 3.65. The monoisotopic (exact) mass is 304 g/mol. The highest BCUT2D eigenvalue weighted by Crippen LogP contribution is 2.44. The lowest BCUT2D eigenvalue weighted by atomic mass is 10.0. The molecule has 3 heteroatoms. The van der Waals surface area contributed by atoms with Crippen molar-refractivity contribution in [2.24, 2.45) is 5.92 Å².